The standard InChI is InChI=1S/C12H19N3O3S/c1-9(2)7-14-19(16,17)15-4-5-18-12-11(15)6-10(3)8-13-12/h6,8-9,14H,4-5,7H2,1-3H3. The summed E-state index contributed by atoms with van der Waals surface area (Å²) in [6, 6.07) is 1.77. The Morgan fingerprint density at radius 3 is 2.95 bits per heavy atom. The first-order valence-electron chi connectivity index (χ1n) is 6.27. The second kappa shape index (κ2) is 5.34. The molecule has 1 aliphatic rings. The molecule has 0 saturated carbocycles. The van der Waals surface area contributed by atoms with Crippen molar-refractivity contribution >= 4 is 15.9 Å². The van der Waals surface area contributed by atoms with Gasteiger partial charge in [-0.25, -0.2) is 9.29 Å². The zero-order valence-corrected chi connectivity index (χ0v) is 12.2. The molecule has 2 rings (SSSR count). The van der Waals surface area contributed by atoms with E-state index in [9.17, 15) is 8.42 Å². The number of fused-ring (bicyclic) bond motifs is 1. The van der Waals surface area contributed by atoms with Crippen LogP contribution in [0.2, 0.25) is 0 Å². The number of hydrogen-bond donors (Lipinski definition) is 1. The third-order valence-corrected chi connectivity index (χ3v) is 4.23. The Labute approximate surface area is 114 Å². The van der Waals surface area contributed by atoms with Crippen LogP contribution in [0.25, 0.3) is 0 Å². The smallest absolute Gasteiger partial charge is 0.301 e. The largest absolute Gasteiger partial charge is 0.474 e. The SMILES string of the molecule is Cc1cnc2c(c1)N(S(=O)(=O)NCC(C)C)CCO2. The van der Waals surface area contributed by atoms with E-state index >= 15 is 0 Å². The Morgan fingerprint density at radius 2 is 2.26 bits per heavy atom. The van der Waals surface area contributed by atoms with Gasteiger partial charge < -0.3 is 4.74 Å². The average molecular weight is 285 g/mol. The first kappa shape index (κ1) is 14.1. The average Bonchev–Trinajstić information content (AvgIpc) is 2.35. The number of anilines is 1. The zero-order valence-electron chi connectivity index (χ0n) is 11.4. The molecule has 106 valence electrons. The van der Waals surface area contributed by atoms with E-state index in [1.54, 1.807) is 12.3 Å². The molecule has 0 atom stereocenters. The Hall–Kier alpha value is -1.34. The van der Waals surface area contributed by atoms with Crippen molar-refractivity contribution in [3.8, 4) is 5.88 Å². The summed E-state index contributed by atoms with van der Waals surface area (Å²) in [5.74, 6) is 0.623. The molecule has 19 heavy (non-hydrogen) atoms. The van der Waals surface area contributed by atoms with Crippen LogP contribution in [0.15, 0.2) is 12.3 Å². The van der Waals surface area contributed by atoms with Gasteiger partial charge in [0.25, 0.3) is 0 Å². The lowest BCUT2D eigenvalue weighted by molar-refractivity contribution is 0.303. The van der Waals surface area contributed by atoms with Gasteiger partial charge >= 0.3 is 10.2 Å². The fourth-order valence-electron chi connectivity index (χ4n) is 1.78. The minimum atomic E-state index is -3.55. The third kappa shape index (κ3) is 3.16. The van der Waals surface area contributed by atoms with Gasteiger partial charge in [-0.3, -0.25) is 0 Å². The van der Waals surface area contributed by atoms with Crippen molar-refractivity contribution in [2.24, 2.45) is 5.92 Å². The van der Waals surface area contributed by atoms with Gasteiger partial charge in [-0.1, -0.05) is 13.8 Å². The van der Waals surface area contributed by atoms with E-state index in [4.69, 9.17) is 4.74 Å². The van der Waals surface area contributed by atoms with Gasteiger partial charge in [0.15, 0.2) is 0 Å². The topological polar surface area (TPSA) is 71.5 Å². The lowest BCUT2D eigenvalue weighted by Gasteiger charge is -2.30. The predicted octanol–water partition coefficient (Wildman–Crippen LogP) is 1.08. The molecule has 0 aliphatic carbocycles. The number of aromatic nitrogens is 1. The Balaban J connectivity index is 2.30. The molecule has 0 aromatic carbocycles. The summed E-state index contributed by atoms with van der Waals surface area (Å²) in [5.41, 5.74) is 1.40. The highest BCUT2D eigenvalue weighted by atomic mass is 32.2. The normalized spacial score (nSPS) is 15.3. The van der Waals surface area contributed by atoms with Crippen molar-refractivity contribution in [3.63, 3.8) is 0 Å². The quantitative estimate of drug-likeness (QED) is 0.898. The minimum Gasteiger partial charge on any atom is -0.474 e. The van der Waals surface area contributed by atoms with E-state index in [-0.39, 0.29) is 5.92 Å². The summed E-state index contributed by atoms with van der Waals surface area (Å²) in [6.45, 7) is 6.81. The molecule has 0 fully saturated rings. The molecule has 1 aromatic heterocycles. The third-order valence-electron chi connectivity index (χ3n) is 2.73. The maximum Gasteiger partial charge on any atom is 0.301 e. The summed E-state index contributed by atoms with van der Waals surface area (Å²) >= 11 is 0. The molecule has 7 heteroatoms. The second-order valence-corrected chi connectivity index (χ2v) is 6.68. The van der Waals surface area contributed by atoms with Crippen LogP contribution in [0.3, 0.4) is 0 Å². The summed E-state index contributed by atoms with van der Waals surface area (Å²) in [7, 11) is -3.55. The number of hydrogen-bond acceptors (Lipinski definition) is 4. The first-order chi connectivity index (χ1) is 8.90. The van der Waals surface area contributed by atoms with Gasteiger partial charge in [0, 0.05) is 12.7 Å². The molecule has 1 N–H and O–H groups in total. The summed E-state index contributed by atoms with van der Waals surface area (Å²) in [6.07, 6.45) is 1.66. The number of ether oxygens (including phenoxy) is 1. The molecular formula is C12H19N3O3S. The van der Waals surface area contributed by atoms with Crippen molar-refractivity contribution in [1.29, 1.82) is 0 Å². The maximum absolute atomic E-state index is 12.3. The van der Waals surface area contributed by atoms with E-state index in [2.05, 4.69) is 9.71 Å². The fraction of sp³-hybridized carbons (Fsp3) is 0.583. The van der Waals surface area contributed by atoms with E-state index < -0.39 is 10.2 Å². The number of rotatable bonds is 4. The lowest BCUT2D eigenvalue weighted by Crippen LogP contribution is -2.46. The monoisotopic (exact) mass is 285 g/mol. The highest BCUT2D eigenvalue weighted by Crippen LogP contribution is 2.31. The van der Waals surface area contributed by atoms with Crippen LogP contribution in [0, 0.1) is 12.8 Å². The Bertz CT molecular complexity index is 557. The van der Waals surface area contributed by atoms with Crippen LogP contribution in [0.4, 0.5) is 5.69 Å². The summed E-state index contributed by atoms with van der Waals surface area (Å²) in [4.78, 5) is 4.12. The van der Waals surface area contributed by atoms with Crippen LogP contribution in [0.1, 0.15) is 19.4 Å². The van der Waals surface area contributed by atoms with E-state index in [1.165, 1.54) is 4.31 Å². The second-order valence-electron chi connectivity index (χ2n) is 5.00. The van der Waals surface area contributed by atoms with E-state index in [1.807, 2.05) is 20.8 Å². The summed E-state index contributed by atoms with van der Waals surface area (Å²) < 4.78 is 33.9. The lowest BCUT2D eigenvalue weighted by atomic mass is 10.2. The van der Waals surface area contributed by atoms with Crippen LogP contribution >= 0.6 is 0 Å². The maximum atomic E-state index is 12.3. The molecule has 0 unspecified atom stereocenters. The van der Waals surface area contributed by atoms with Crippen molar-refractivity contribution < 1.29 is 13.2 Å². The minimum absolute atomic E-state index is 0.255. The van der Waals surface area contributed by atoms with E-state index in [0.717, 1.165) is 5.56 Å². The van der Waals surface area contributed by atoms with Crippen molar-refractivity contribution in [2.75, 3.05) is 24.0 Å². The molecule has 2 heterocycles. The van der Waals surface area contributed by atoms with Gasteiger partial charge in [-0.15, -0.1) is 0 Å². The van der Waals surface area contributed by atoms with Crippen molar-refractivity contribution in [3.05, 3.63) is 17.8 Å². The molecule has 6 nitrogen and oxygen atoms in total. The van der Waals surface area contributed by atoms with Crippen molar-refractivity contribution in [2.45, 2.75) is 20.8 Å². The van der Waals surface area contributed by atoms with Crippen LogP contribution in [-0.2, 0) is 10.2 Å². The molecular weight excluding hydrogens is 266 g/mol. The highest BCUT2D eigenvalue weighted by Gasteiger charge is 2.29. The number of aryl methyl sites for hydroxylation is 1. The van der Waals surface area contributed by atoms with Gasteiger partial charge in [-0.05, 0) is 24.5 Å². The molecule has 1 aromatic rings. The molecule has 0 radical (unpaired) electrons. The van der Waals surface area contributed by atoms with E-state index in [0.29, 0.717) is 31.3 Å². The zero-order chi connectivity index (χ0) is 14.0. The van der Waals surface area contributed by atoms with Crippen molar-refractivity contribution in [1.82, 2.24) is 9.71 Å². The fourth-order valence-corrected chi connectivity index (χ4v) is 3.18. The van der Waals surface area contributed by atoms with Gasteiger partial charge in [-0.2, -0.15) is 13.1 Å². The highest BCUT2D eigenvalue weighted by molar-refractivity contribution is 7.90. The number of nitrogens with zero attached hydrogens (tertiary/aromatic N) is 2. The molecule has 0 saturated heterocycles. The number of pyridine rings is 1. The van der Waals surface area contributed by atoms with Crippen LogP contribution < -0.4 is 13.8 Å². The molecule has 1 aliphatic heterocycles. The van der Waals surface area contributed by atoms with Gasteiger partial charge in [0.1, 0.15) is 12.3 Å². The number of nitrogens with one attached hydrogen (secondary N) is 1. The molecule has 0 spiro atoms. The van der Waals surface area contributed by atoms with Crippen LogP contribution in [0.5, 0.6) is 5.88 Å². The first-order valence-corrected chi connectivity index (χ1v) is 7.71. The predicted molar refractivity (Wildman–Crippen MR) is 73.6 cm³/mol. The molecule has 0 bridgehead atoms. The molecule has 0 amide bonds. The Morgan fingerprint density at radius 1 is 1.53 bits per heavy atom. The van der Waals surface area contributed by atoms with Gasteiger partial charge in [0.2, 0.25) is 5.88 Å². The van der Waals surface area contributed by atoms with Crippen LogP contribution in [-0.4, -0.2) is 33.1 Å². The Kier molecular flexibility index (Phi) is 3.96. The summed E-state index contributed by atoms with van der Waals surface area (Å²) in [5, 5.41) is 0. The van der Waals surface area contributed by atoms with Gasteiger partial charge in [0.05, 0.1) is 6.54 Å².